The first-order valence-corrected chi connectivity index (χ1v) is 4.83. The predicted molar refractivity (Wildman–Crippen MR) is 51.2 cm³/mol. The van der Waals surface area contributed by atoms with Crippen LogP contribution < -0.4 is 10.1 Å². The van der Waals surface area contributed by atoms with Crippen molar-refractivity contribution in [2.75, 3.05) is 13.2 Å². The number of hydrogen-bond acceptors (Lipinski definition) is 3. The van der Waals surface area contributed by atoms with Crippen molar-refractivity contribution in [3.63, 3.8) is 0 Å². The topological polar surface area (TPSA) is 38.3 Å². The quantitative estimate of drug-likeness (QED) is 0.657. The number of carbonyl (C=O) groups excluding carboxylic acids is 1. The van der Waals surface area contributed by atoms with Crippen LogP contribution in [0, 0.1) is 0 Å². The molecule has 3 rings (SSSR count). The summed E-state index contributed by atoms with van der Waals surface area (Å²) < 4.78 is 5.52. The summed E-state index contributed by atoms with van der Waals surface area (Å²) in [5.41, 5.74) is 0.471. The molecule has 1 aromatic carbocycles. The Morgan fingerprint density at radius 1 is 1.36 bits per heavy atom. The zero-order valence-corrected chi connectivity index (χ0v) is 7.75. The fraction of sp³-hybridized carbons (Fsp3) is 0.364. The molecule has 3 heteroatoms. The number of ketones is 1. The minimum absolute atomic E-state index is 0.252. The molecule has 0 saturated carbocycles. The number of nitrogens with one attached hydrogen (secondary N) is 1. The average Bonchev–Trinajstić information content (AvgIpc) is 2.76. The van der Waals surface area contributed by atoms with Crippen molar-refractivity contribution >= 4 is 5.78 Å². The van der Waals surface area contributed by atoms with Gasteiger partial charge in [0.2, 0.25) is 0 Å². The summed E-state index contributed by atoms with van der Waals surface area (Å²) in [6, 6.07) is 7.76. The average molecular weight is 189 g/mol. The van der Waals surface area contributed by atoms with Crippen LogP contribution in [0.1, 0.15) is 12.0 Å². The van der Waals surface area contributed by atoms with E-state index in [0.717, 1.165) is 17.9 Å². The number of rotatable bonds is 0. The van der Waals surface area contributed by atoms with E-state index >= 15 is 0 Å². The Hall–Kier alpha value is -1.35. The Bertz CT molecular complexity index is 402. The highest BCUT2D eigenvalue weighted by Gasteiger charge is 2.49. The van der Waals surface area contributed by atoms with Gasteiger partial charge in [-0.2, -0.15) is 0 Å². The smallest absolute Gasteiger partial charge is 0.162 e. The molecule has 0 bridgehead atoms. The maximum Gasteiger partial charge on any atom is 0.162 e. The highest BCUT2D eigenvalue weighted by Crippen LogP contribution is 2.39. The lowest BCUT2D eigenvalue weighted by Gasteiger charge is -2.19. The van der Waals surface area contributed by atoms with Crippen molar-refractivity contribution in [3.05, 3.63) is 29.8 Å². The van der Waals surface area contributed by atoms with Gasteiger partial charge in [0, 0.05) is 18.5 Å². The van der Waals surface area contributed by atoms with E-state index in [-0.39, 0.29) is 5.78 Å². The van der Waals surface area contributed by atoms with Crippen LogP contribution in [0.25, 0.3) is 0 Å². The Balaban J connectivity index is 2.17. The van der Waals surface area contributed by atoms with E-state index in [1.807, 2.05) is 24.3 Å². The molecule has 14 heavy (non-hydrogen) atoms. The molecule has 2 aliphatic rings. The standard InChI is InChI=1S/C11H11NO2/c13-10-5-6-12-11(10)7-14-9-4-2-1-3-8(9)11/h1-4,12H,5-7H2. The number of hydrogen-bond donors (Lipinski definition) is 1. The van der Waals surface area contributed by atoms with Crippen molar-refractivity contribution < 1.29 is 9.53 Å². The van der Waals surface area contributed by atoms with Crippen LogP contribution in [0.15, 0.2) is 24.3 Å². The highest BCUT2D eigenvalue weighted by atomic mass is 16.5. The molecule has 0 aromatic heterocycles. The Labute approximate surface area is 82.1 Å². The van der Waals surface area contributed by atoms with E-state index in [1.165, 1.54) is 0 Å². The lowest BCUT2D eigenvalue weighted by Crippen LogP contribution is -2.43. The largest absolute Gasteiger partial charge is 0.490 e. The second-order valence-electron chi connectivity index (χ2n) is 3.79. The summed E-state index contributed by atoms with van der Waals surface area (Å²) in [7, 11) is 0. The molecule has 2 heterocycles. The first-order valence-electron chi connectivity index (χ1n) is 4.83. The van der Waals surface area contributed by atoms with Gasteiger partial charge in [-0.1, -0.05) is 18.2 Å². The molecule has 1 N–H and O–H groups in total. The molecule has 72 valence electrons. The molecule has 0 amide bonds. The molecule has 3 nitrogen and oxygen atoms in total. The summed E-state index contributed by atoms with van der Waals surface area (Å²) in [6.45, 7) is 1.21. The van der Waals surface area contributed by atoms with E-state index in [2.05, 4.69) is 5.32 Å². The third-order valence-corrected chi connectivity index (χ3v) is 3.05. The van der Waals surface area contributed by atoms with Crippen molar-refractivity contribution in [3.8, 4) is 5.75 Å². The Morgan fingerprint density at radius 2 is 2.21 bits per heavy atom. The molecular weight excluding hydrogens is 178 g/mol. The zero-order valence-electron chi connectivity index (χ0n) is 7.75. The molecule has 1 spiro atoms. The molecular formula is C11H11NO2. The number of fused-ring (bicyclic) bond motifs is 2. The zero-order chi connectivity index (χ0) is 9.60. The van der Waals surface area contributed by atoms with Gasteiger partial charge in [0.15, 0.2) is 5.78 Å². The third kappa shape index (κ3) is 0.826. The van der Waals surface area contributed by atoms with Crippen molar-refractivity contribution in [1.82, 2.24) is 5.32 Å². The SMILES string of the molecule is O=C1CCNC12COc1ccccc12. The van der Waals surface area contributed by atoms with Gasteiger partial charge in [0.25, 0.3) is 0 Å². The predicted octanol–water partition coefficient (Wildman–Crippen LogP) is 0.837. The van der Waals surface area contributed by atoms with E-state index < -0.39 is 5.54 Å². The molecule has 1 aromatic rings. The van der Waals surface area contributed by atoms with Crippen LogP contribution >= 0.6 is 0 Å². The van der Waals surface area contributed by atoms with E-state index in [9.17, 15) is 4.79 Å². The first-order chi connectivity index (χ1) is 6.83. The minimum atomic E-state index is -0.531. The Kier molecular flexibility index (Phi) is 1.47. The number of benzene rings is 1. The van der Waals surface area contributed by atoms with Crippen LogP contribution in [0.3, 0.4) is 0 Å². The lowest BCUT2D eigenvalue weighted by atomic mass is 9.89. The third-order valence-electron chi connectivity index (χ3n) is 3.05. The molecule has 1 unspecified atom stereocenters. The van der Waals surface area contributed by atoms with Gasteiger partial charge in [-0.15, -0.1) is 0 Å². The number of ether oxygens (including phenoxy) is 1. The lowest BCUT2D eigenvalue weighted by molar-refractivity contribution is -0.123. The van der Waals surface area contributed by atoms with Gasteiger partial charge in [0.1, 0.15) is 17.9 Å². The summed E-state index contributed by atoms with van der Waals surface area (Å²) in [5, 5.41) is 3.26. The highest BCUT2D eigenvalue weighted by molar-refractivity contribution is 5.93. The molecule has 2 aliphatic heterocycles. The van der Waals surface area contributed by atoms with Crippen LogP contribution in [-0.4, -0.2) is 18.9 Å². The summed E-state index contributed by atoms with van der Waals surface area (Å²) in [6.07, 6.45) is 0.609. The van der Waals surface area contributed by atoms with Crippen LogP contribution in [0.4, 0.5) is 0 Å². The monoisotopic (exact) mass is 189 g/mol. The fourth-order valence-corrected chi connectivity index (χ4v) is 2.29. The summed E-state index contributed by atoms with van der Waals surface area (Å²) in [4.78, 5) is 11.8. The maximum absolute atomic E-state index is 11.8. The van der Waals surface area contributed by atoms with Gasteiger partial charge in [-0.3, -0.25) is 10.1 Å². The van der Waals surface area contributed by atoms with E-state index in [0.29, 0.717) is 13.0 Å². The number of carbonyl (C=O) groups is 1. The van der Waals surface area contributed by atoms with Crippen molar-refractivity contribution in [1.29, 1.82) is 0 Å². The van der Waals surface area contributed by atoms with Gasteiger partial charge >= 0.3 is 0 Å². The van der Waals surface area contributed by atoms with Gasteiger partial charge in [-0.05, 0) is 6.07 Å². The van der Waals surface area contributed by atoms with Gasteiger partial charge in [0.05, 0.1) is 0 Å². The summed E-state index contributed by atoms with van der Waals surface area (Å²) >= 11 is 0. The van der Waals surface area contributed by atoms with E-state index in [1.54, 1.807) is 0 Å². The van der Waals surface area contributed by atoms with Crippen molar-refractivity contribution in [2.24, 2.45) is 0 Å². The summed E-state index contributed by atoms with van der Waals surface area (Å²) in [5.74, 6) is 1.10. The second kappa shape index (κ2) is 2.58. The molecule has 1 saturated heterocycles. The van der Waals surface area contributed by atoms with Crippen LogP contribution in [-0.2, 0) is 10.3 Å². The number of para-hydroxylation sites is 1. The fourth-order valence-electron chi connectivity index (χ4n) is 2.29. The normalized spacial score (nSPS) is 29.3. The molecule has 1 atom stereocenters. The van der Waals surface area contributed by atoms with Gasteiger partial charge in [-0.25, -0.2) is 0 Å². The van der Waals surface area contributed by atoms with Crippen LogP contribution in [0.2, 0.25) is 0 Å². The maximum atomic E-state index is 11.8. The molecule has 1 fully saturated rings. The Morgan fingerprint density at radius 3 is 3.00 bits per heavy atom. The molecule has 0 aliphatic carbocycles. The second-order valence-corrected chi connectivity index (χ2v) is 3.79. The number of Topliss-reactive ketones (excluding diaryl/α,β-unsaturated/α-hetero) is 1. The van der Waals surface area contributed by atoms with E-state index in [4.69, 9.17) is 4.74 Å². The van der Waals surface area contributed by atoms with Crippen LogP contribution in [0.5, 0.6) is 5.75 Å². The van der Waals surface area contributed by atoms with Gasteiger partial charge < -0.3 is 4.74 Å². The minimum Gasteiger partial charge on any atom is -0.490 e. The first kappa shape index (κ1) is 8.00. The van der Waals surface area contributed by atoms with Crippen molar-refractivity contribution in [2.45, 2.75) is 12.0 Å². The molecule has 0 radical (unpaired) electrons.